The zero-order chi connectivity index (χ0) is 19.4. The summed E-state index contributed by atoms with van der Waals surface area (Å²) < 4.78 is 27.7. The standard InChI is InChI=1S/C20H23N3O3S/c1-3-22(4-2)19(24)14-23-18-13-9-8-12-17(18)21-20(23)27(25,26)15-16-10-6-5-7-11-16/h5-13H,3-4,14-15H2,1-2H3. The molecule has 142 valence electrons. The predicted molar refractivity (Wildman–Crippen MR) is 105 cm³/mol. The van der Waals surface area contributed by atoms with E-state index in [1.165, 1.54) is 4.57 Å². The van der Waals surface area contributed by atoms with E-state index in [-0.39, 0.29) is 23.4 Å². The van der Waals surface area contributed by atoms with Gasteiger partial charge in [0.05, 0.1) is 16.8 Å². The Bertz CT molecular complexity index is 1040. The van der Waals surface area contributed by atoms with Crippen LogP contribution in [-0.2, 0) is 26.9 Å². The highest BCUT2D eigenvalue weighted by molar-refractivity contribution is 7.90. The Morgan fingerprint density at radius 2 is 1.63 bits per heavy atom. The number of nitrogens with zero attached hydrogens (tertiary/aromatic N) is 3. The van der Waals surface area contributed by atoms with Crippen molar-refractivity contribution in [3.05, 3.63) is 60.2 Å². The van der Waals surface area contributed by atoms with Crippen LogP contribution in [0.5, 0.6) is 0 Å². The van der Waals surface area contributed by atoms with Gasteiger partial charge in [0, 0.05) is 13.1 Å². The van der Waals surface area contributed by atoms with Crippen molar-refractivity contribution in [1.29, 1.82) is 0 Å². The molecule has 0 aliphatic rings. The zero-order valence-electron chi connectivity index (χ0n) is 15.5. The van der Waals surface area contributed by atoms with Crippen molar-refractivity contribution >= 4 is 26.8 Å². The van der Waals surface area contributed by atoms with Crippen LogP contribution in [-0.4, -0.2) is 41.9 Å². The Morgan fingerprint density at radius 3 is 2.30 bits per heavy atom. The lowest BCUT2D eigenvalue weighted by atomic mass is 10.2. The van der Waals surface area contributed by atoms with Crippen molar-refractivity contribution in [3.63, 3.8) is 0 Å². The number of imidazole rings is 1. The summed E-state index contributed by atoms with van der Waals surface area (Å²) in [6, 6.07) is 16.2. The fourth-order valence-electron chi connectivity index (χ4n) is 3.11. The van der Waals surface area contributed by atoms with Crippen molar-refractivity contribution in [2.75, 3.05) is 13.1 Å². The summed E-state index contributed by atoms with van der Waals surface area (Å²) in [7, 11) is -3.71. The normalized spacial score (nSPS) is 11.6. The molecule has 0 N–H and O–H groups in total. The number of rotatable bonds is 7. The number of benzene rings is 2. The fraction of sp³-hybridized carbons (Fsp3) is 0.300. The summed E-state index contributed by atoms with van der Waals surface area (Å²) in [5.41, 5.74) is 1.90. The molecule has 0 saturated carbocycles. The number of carbonyl (C=O) groups is 1. The first kappa shape index (κ1) is 19.1. The second-order valence-electron chi connectivity index (χ2n) is 6.28. The van der Waals surface area contributed by atoms with E-state index in [1.807, 2.05) is 26.0 Å². The van der Waals surface area contributed by atoms with E-state index < -0.39 is 9.84 Å². The number of sulfone groups is 1. The van der Waals surface area contributed by atoms with Gasteiger partial charge in [-0.2, -0.15) is 0 Å². The van der Waals surface area contributed by atoms with Gasteiger partial charge in [-0.3, -0.25) is 4.79 Å². The third kappa shape index (κ3) is 4.03. The Balaban J connectivity index is 2.05. The van der Waals surface area contributed by atoms with Crippen molar-refractivity contribution in [2.24, 2.45) is 0 Å². The summed E-state index contributed by atoms with van der Waals surface area (Å²) in [4.78, 5) is 18.7. The Kier molecular flexibility index (Phi) is 5.60. The molecule has 0 spiro atoms. The van der Waals surface area contributed by atoms with E-state index in [0.29, 0.717) is 29.7 Å². The number of likely N-dealkylation sites (N-methyl/N-ethyl adjacent to an activating group) is 1. The molecule has 0 aliphatic carbocycles. The van der Waals surface area contributed by atoms with Gasteiger partial charge in [0.2, 0.25) is 20.9 Å². The monoisotopic (exact) mass is 385 g/mol. The third-order valence-corrected chi connectivity index (χ3v) is 6.09. The highest BCUT2D eigenvalue weighted by Crippen LogP contribution is 2.23. The lowest BCUT2D eigenvalue weighted by molar-refractivity contribution is -0.131. The van der Waals surface area contributed by atoms with Gasteiger partial charge in [-0.25, -0.2) is 13.4 Å². The Morgan fingerprint density at radius 1 is 1.00 bits per heavy atom. The van der Waals surface area contributed by atoms with Crippen molar-refractivity contribution in [2.45, 2.75) is 31.3 Å². The van der Waals surface area contributed by atoms with E-state index >= 15 is 0 Å². The van der Waals surface area contributed by atoms with Gasteiger partial charge in [-0.15, -0.1) is 0 Å². The molecular weight excluding hydrogens is 362 g/mol. The minimum atomic E-state index is -3.71. The Hall–Kier alpha value is -2.67. The van der Waals surface area contributed by atoms with Gasteiger partial charge in [0.15, 0.2) is 0 Å². The highest BCUT2D eigenvalue weighted by Gasteiger charge is 2.26. The van der Waals surface area contributed by atoms with Gasteiger partial charge in [-0.1, -0.05) is 42.5 Å². The molecule has 27 heavy (non-hydrogen) atoms. The van der Waals surface area contributed by atoms with Crippen LogP contribution in [0, 0.1) is 0 Å². The molecule has 0 radical (unpaired) electrons. The first-order chi connectivity index (χ1) is 13.0. The van der Waals surface area contributed by atoms with Crippen molar-refractivity contribution in [1.82, 2.24) is 14.5 Å². The Labute approximate surface area is 159 Å². The van der Waals surface area contributed by atoms with Crippen LogP contribution >= 0.6 is 0 Å². The van der Waals surface area contributed by atoms with Crippen LogP contribution in [0.3, 0.4) is 0 Å². The van der Waals surface area contributed by atoms with Gasteiger partial charge in [-0.05, 0) is 31.5 Å². The van der Waals surface area contributed by atoms with Crippen molar-refractivity contribution < 1.29 is 13.2 Å². The van der Waals surface area contributed by atoms with Crippen LogP contribution in [0.1, 0.15) is 19.4 Å². The van der Waals surface area contributed by atoms with Gasteiger partial charge in [0.25, 0.3) is 0 Å². The highest BCUT2D eigenvalue weighted by atomic mass is 32.2. The SMILES string of the molecule is CCN(CC)C(=O)Cn1c(S(=O)(=O)Cc2ccccc2)nc2ccccc21. The molecule has 0 unspecified atom stereocenters. The predicted octanol–water partition coefficient (Wildman–Crippen LogP) is 2.88. The van der Waals surface area contributed by atoms with Crippen LogP contribution < -0.4 is 0 Å². The maximum Gasteiger partial charge on any atom is 0.242 e. The number of amides is 1. The third-order valence-electron chi connectivity index (χ3n) is 4.51. The maximum atomic E-state index is 13.1. The lowest BCUT2D eigenvalue weighted by Gasteiger charge is -2.19. The van der Waals surface area contributed by atoms with Crippen LogP contribution in [0.4, 0.5) is 0 Å². The first-order valence-corrected chi connectivity index (χ1v) is 10.6. The number of aromatic nitrogens is 2. The smallest absolute Gasteiger partial charge is 0.242 e. The minimum Gasteiger partial charge on any atom is -0.342 e. The summed E-state index contributed by atoms with van der Waals surface area (Å²) in [5, 5.41) is -0.0620. The summed E-state index contributed by atoms with van der Waals surface area (Å²) >= 11 is 0. The van der Waals surface area contributed by atoms with E-state index in [4.69, 9.17) is 0 Å². The quantitative estimate of drug-likeness (QED) is 0.627. The second kappa shape index (κ2) is 7.92. The number of carbonyl (C=O) groups excluding carboxylic acids is 1. The average Bonchev–Trinajstić information content (AvgIpc) is 3.03. The number of fused-ring (bicyclic) bond motifs is 1. The molecule has 0 atom stereocenters. The largest absolute Gasteiger partial charge is 0.342 e. The first-order valence-electron chi connectivity index (χ1n) is 8.96. The molecule has 3 aromatic rings. The molecule has 1 heterocycles. The summed E-state index contributed by atoms with van der Waals surface area (Å²) in [6.45, 7) is 4.91. The van der Waals surface area contributed by atoms with Crippen LogP contribution in [0.2, 0.25) is 0 Å². The fourth-order valence-corrected chi connectivity index (χ4v) is 4.61. The molecule has 1 amide bonds. The molecule has 3 rings (SSSR count). The molecule has 1 aromatic heterocycles. The minimum absolute atomic E-state index is 0.0501. The summed E-state index contributed by atoms with van der Waals surface area (Å²) in [6.07, 6.45) is 0. The molecule has 2 aromatic carbocycles. The molecule has 7 heteroatoms. The molecule has 0 fully saturated rings. The van der Waals surface area contributed by atoms with E-state index in [9.17, 15) is 13.2 Å². The van der Waals surface area contributed by atoms with Crippen molar-refractivity contribution in [3.8, 4) is 0 Å². The topological polar surface area (TPSA) is 72.3 Å². The van der Waals surface area contributed by atoms with Crippen LogP contribution in [0.25, 0.3) is 11.0 Å². The molecular formula is C20H23N3O3S. The van der Waals surface area contributed by atoms with Gasteiger partial charge >= 0.3 is 0 Å². The number of para-hydroxylation sites is 2. The van der Waals surface area contributed by atoms with Gasteiger partial charge < -0.3 is 9.47 Å². The van der Waals surface area contributed by atoms with E-state index in [1.54, 1.807) is 47.4 Å². The van der Waals surface area contributed by atoms with E-state index in [2.05, 4.69) is 4.98 Å². The number of hydrogen-bond acceptors (Lipinski definition) is 4. The lowest BCUT2D eigenvalue weighted by Crippen LogP contribution is -2.34. The van der Waals surface area contributed by atoms with Crippen LogP contribution in [0.15, 0.2) is 59.8 Å². The summed E-state index contributed by atoms with van der Waals surface area (Å²) in [5.74, 6) is -0.282. The van der Waals surface area contributed by atoms with Gasteiger partial charge in [0.1, 0.15) is 6.54 Å². The maximum absolute atomic E-state index is 13.1. The number of hydrogen-bond donors (Lipinski definition) is 0. The van der Waals surface area contributed by atoms with E-state index in [0.717, 1.165) is 0 Å². The average molecular weight is 385 g/mol. The molecule has 0 bridgehead atoms. The zero-order valence-corrected chi connectivity index (χ0v) is 16.3. The molecule has 0 saturated heterocycles. The molecule has 0 aliphatic heterocycles. The second-order valence-corrected chi connectivity index (χ2v) is 8.16. The molecule has 6 nitrogen and oxygen atoms in total.